The van der Waals surface area contributed by atoms with Crippen LogP contribution in [0, 0.1) is 5.92 Å². The zero-order valence-corrected chi connectivity index (χ0v) is 20.0. The second kappa shape index (κ2) is 24.3. The van der Waals surface area contributed by atoms with Crippen molar-refractivity contribution in [3.05, 3.63) is 0 Å². The molecule has 0 aromatic heterocycles. The predicted molar refractivity (Wildman–Crippen MR) is 127 cm³/mol. The molecule has 0 aromatic carbocycles. The highest BCUT2D eigenvalue weighted by Gasteiger charge is 1.96. The molecule has 0 heterocycles. The third-order valence-corrected chi connectivity index (χ3v) is 6.18. The summed E-state index contributed by atoms with van der Waals surface area (Å²) in [6.45, 7) is 4.68. The summed E-state index contributed by atoms with van der Waals surface area (Å²) in [4.78, 5) is 0. The molecule has 0 aliphatic carbocycles. The highest BCUT2D eigenvalue weighted by atomic mass is 35.5. The molecule has 0 bridgehead atoms. The Morgan fingerprint density at radius 2 is 0.593 bits per heavy atom. The number of rotatable bonds is 23. The number of alkyl halides is 1. The van der Waals surface area contributed by atoms with Gasteiger partial charge in [-0.1, -0.05) is 149 Å². The zero-order valence-electron chi connectivity index (χ0n) is 19.2. The van der Waals surface area contributed by atoms with Crippen molar-refractivity contribution in [2.24, 2.45) is 5.92 Å². The van der Waals surface area contributed by atoms with Gasteiger partial charge in [-0.25, -0.2) is 0 Å². The van der Waals surface area contributed by atoms with Gasteiger partial charge in [0.05, 0.1) is 0 Å². The number of unbranched alkanes of at least 4 members (excludes halogenated alkanes) is 20. The molecule has 0 aliphatic heterocycles. The van der Waals surface area contributed by atoms with Crippen LogP contribution >= 0.6 is 11.6 Å². The summed E-state index contributed by atoms with van der Waals surface area (Å²) >= 11 is 5.70. The van der Waals surface area contributed by atoms with Crippen LogP contribution in [0.2, 0.25) is 0 Å². The molecule has 0 saturated heterocycles. The molecule has 1 heteroatoms. The van der Waals surface area contributed by atoms with E-state index in [2.05, 4.69) is 13.8 Å². The zero-order chi connectivity index (χ0) is 19.8. The summed E-state index contributed by atoms with van der Waals surface area (Å²) < 4.78 is 0. The van der Waals surface area contributed by atoms with E-state index in [4.69, 9.17) is 11.6 Å². The fourth-order valence-corrected chi connectivity index (χ4v) is 4.19. The van der Waals surface area contributed by atoms with Crippen LogP contribution in [0.4, 0.5) is 0 Å². The van der Waals surface area contributed by atoms with E-state index < -0.39 is 0 Å². The summed E-state index contributed by atoms with van der Waals surface area (Å²) in [5.74, 6) is 1.74. The minimum Gasteiger partial charge on any atom is -0.127 e. The van der Waals surface area contributed by atoms with Crippen molar-refractivity contribution in [1.82, 2.24) is 0 Å². The van der Waals surface area contributed by atoms with E-state index in [1.165, 1.54) is 141 Å². The van der Waals surface area contributed by atoms with Gasteiger partial charge in [-0.3, -0.25) is 0 Å². The largest absolute Gasteiger partial charge is 0.127 e. The van der Waals surface area contributed by atoms with Crippen LogP contribution in [0.5, 0.6) is 0 Å². The first-order valence-corrected chi connectivity index (χ1v) is 13.4. The number of halogens is 1. The maximum atomic E-state index is 5.70. The summed E-state index contributed by atoms with van der Waals surface area (Å²) in [5.41, 5.74) is 0. The van der Waals surface area contributed by atoms with Gasteiger partial charge < -0.3 is 0 Å². The monoisotopic (exact) mass is 400 g/mol. The lowest BCUT2D eigenvalue weighted by atomic mass is 10.0. The molecule has 0 fully saturated rings. The lowest BCUT2D eigenvalue weighted by molar-refractivity contribution is 0.501. The Bertz CT molecular complexity index is 249. The summed E-state index contributed by atoms with van der Waals surface area (Å²) in [5, 5.41) is 0. The molecule has 0 atom stereocenters. The topological polar surface area (TPSA) is 0 Å². The average Bonchev–Trinajstić information content (AvgIpc) is 2.65. The van der Waals surface area contributed by atoms with Crippen molar-refractivity contribution in [3.8, 4) is 0 Å². The molecule has 0 unspecified atom stereocenters. The third-order valence-electron chi connectivity index (χ3n) is 5.92. The Kier molecular flexibility index (Phi) is 24.6. The van der Waals surface area contributed by atoms with Gasteiger partial charge in [-0.05, 0) is 12.3 Å². The molecule has 0 saturated carbocycles. The standard InChI is InChI=1S/C26H53Cl/c1-26(2)24-22-20-18-16-14-12-10-8-6-4-3-5-7-9-11-13-15-17-19-21-23-25-27/h26H,3-25H2,1-2H3. The SMILES string of the molecule is CC(C)CCCCCCCCCCCCCCCCCCCCCCCCl. The van der Waals surface area contributed by atoms with Gasteiger partial charge in [0.2, 0.25) is 0 Å². The quantitative estimate of drug-likeness (QED) is 0.118. The third kappa shape index (κ3) is 26.3. The van der Waals surface area contributed by atoms with Crippen molar-refractivity contribution in [2.45, 2.75) is 155 Å². The lowest BCUT2D eigenvalue weighted by Crippen LogP contribution is -1.87. The molecule has 0 aliphatic rings. The second-order valence-corrected chi connectivity index (χ2v) is 9.67. The fraction of sp³-hybridized carbons (Fsp3) is 1.00. The molecule has 27 heavy (non-hydrogen) atoms. The summed E-state index contributed by atoms with van der Waals surface area (Å²) in [6, 6.07) is 0. The maximum Gasteiger partial charge on any atom is 0.0223 e. The van der Waals surface area contributed by atoms with Gasteiger partial charge >= 0.3 is 0 Å². The molecule has 0 amide bonds. The van der Waals surface area contributed by atoms with E-state index in [1.807, 2.05) is 0 Å². The first-order valence-electron chi connectivity index (χ1n) is 12.8. The van der Waals surface area contributed by atoms with Gasteiger partial charge in [-0.2, -0.15) is 0 Å². The minimum absolute atomic E-state index is 0.846. The number of hydrogen-bond acceptors (Lipinski definition) is 0. The Hall–Kier alpha value is 0.290. The van der Waals surface area contributed by atoms with Crippen LogP contribution in [0.15, 0.2) is 0 Å². The molecule has 0 aromatic rings. The van der Waals surface area contributed by atoms with Crippen molar-refractivity contribution < 1.29 is 0 Å². The van der Waals surface area contributed by atoms with Crippen LogP contribution in [0.3, 0.4) is 0 Å². The van der Waals surface area contributed by atoms with Gasteiger partial charge in [0, 0.05) is 5.88 Å². The normalized spacial score (nSPS) is 11.6. The van der Waals surface area contributed by atoms with Crippen LogP contribution in [-0.2, 0) is 0 Å². The van der Waals surface area contributed by atoms with Gasteiger partial charge in [-0.15, -0.1) is 11.6 Å². The first kappa shape index (κ1) is 27.3. The molecule has 0 rings (SSSR count). The average molecular weight is 401 g/mol. The molecule has 0 radical (unpaired) electrons. The Balaban J connectivity index is 2.97. The predicted octanol–water partition coefficient (Wildman–Crippen LogP) is 10.5. The van der Waals surface area contributed by atoms with Crippen molar-refractivity contribution in [3.63, 3.8) is 0 Å². The number of hydrogen-bond donors (Lipinski definition) is 0. The highest BCUT2D eigenvalue weighted by Crippen LogP contribution is 2.15. The van der Waals surface area contributed by atoms with E-state index in [9.17, 15) is 0 Å². The summed E-state index contributed by atoms with van der Waals surface area (Å²) in [6.07, 6.45) is 31.8. The lowest BCUT2D eigenvalue weighted by Gasteiger charge is -2.05. The van der Waals surface area contributed by atoms with Crippen molar-refractivity contribution >= 4 is 11.6 Å². The van der Waals surface area contributed by atoms with Gasteiger partial charge in [0.1, 0.15) is 0 Å². The van der Waals surface area contributed by atoms with Crippen molar-refractivity contribution in [2.75, 3.05) is 5.88 Å². The van der Waals surface area contributed by atoms with Crippen molar-refractivity contribution in [1.29, 1.82) is 0 Å². The van der Waals surface area contributed by atoms with Crippen LogP contribution < -0.4 is 0 Å². The first-order chi connectivity index (χ1) is 13.3. The van der Waals surface area contributed by atoms with E-state index >= 15 is 0 Å². The molecule has 164 valence electrons. The summed E-state index contributed by atoms with van der Waals surface area (Å²) in [7, 11) is 0. The highest BCUT2D eigenvalue weighted by molar-refractivity contribution is 6.17. The molecular formula is C26H53Cl. The van der Waals surface area contributed by atoms with E-state index in [1.54, 1.807) is 0 Å². The Morgan fingerprint density at radius 3 is 0.815 bits per heavy atom. The molecule has 0 nitrogen and oxygen atoms in total. The van der Waals surface area contributed by atoms with Crippen LogP contribution in [-0.4, -0.2) is 5.88 Å². The van der Waals surface area contributed by atoms with Crippen LogP contribution in [0.1, 0.15) is 155 Å². The smallest absolute Gasteiger partial charge is 0.0223 e. The van der Waals surface area contributed by atoms with E-state index in [-0.39, 0.29) is 0 Å². The van der Waals surface area contributed by atoms with Crippen LogP contribution in [0.25, 0.3) is 0 Å². The van der Waals surface area contributed by atoms with Gasteiger partial charge in [0.25, 0.3) is 0 Å². The molecule has 0 spiro atoms. The molecular weight excluding hydrogens is 348 g/mol. The fourth-order valence-electron chi connectivity index (χ4n) is 4.01. The van der Waals surface area contributed by atoms with E-state index in [0.29, 0.717) is 0 Å². The maximum absolute atomic E-state index is 5.70. The second-order valence-electron chi connectivity index (χ2n) is 9.30. The van der Waals surface area contributed by atoms with E-state index in [0.717, 1.165) is 11.8 Å². The Labute approximate surface area is 178 Å². The molecule has 0 N–H and O–H groups in total. The van der Waals surface area contributed by atoms with Gasteiger partial charge in [0.15, 0.2) is 0 Å². The Morgan fingerprint density at radius 1 is 0.370 bits per heavy atom. The minimum atomic E-state index is 0.846.